The lowest BCUT2D eigenvalue weighted by Gasteiger charge is -2.17. The van der Waals surface area contributed by atoms with Gasteiger partial charge in [-0.3, -0.25) is 0 Å². The quantitative estimate of drug-likeness (QED) is 0.227. The Labute approximate surface area is 188 Å². The third-order valence-corrected chi connectivity index (χ3v) is 6.14. The van der Waals surface area contributed by atoms with Crippen LogP contribution in [0.5, 0.6) is 11.5 Å². The molecule has 0 aliphatic carbocycles. The molecular formula is C28H24O2S. The van der Waals surface area contributed by atoms with Crippen LogP contribution in [0.3, 0.4) is 0 Å². The van der Waals surface area contributed by atoms with Crippen molar-refractivity contribution in [3.8, 4) is 11.5 Å². The summed E-state index contributed by atoms with van der Waals surface area (Å²) in [6, 6.07) is 37.6. The van der Waals surface area contributed by atoms with E-state index >= 15 is 0 Å². The predicted molar refractivity (Wildman–Crippen MR) is 131 cm³/mol. The van der Waals surface area contributed by atoms with Crippen LogP contribution in [0.25, 0.3) is 10.5 Å². The molecule has 31 heavy (non-hydrogen) atoms. The van der Waals surface area contributed by atoms with Gasteiger partial charge >= 0.3 is 0 Å². The number of thioether (sulfide) groups is 1. The van der Waals surface area contributed by atoms with E-state index in [0.717, 1.165) is 22.0 Å². The van der Waals surface area contributed by atoms with E-state index < -0.39 is 0 Å². The molecule has 0 saturated carbocycles. The maximum atomic E-state index is 5.38. The second kappa shape index (κ2) is 10.1. The summed E-state index contributed by atoms with van der Waals surface area (Å²) in [5.74, 6) is 1.70. The van der Waals surface area contributed by atoms with E-state index in [9.17, 15) is 0 Å². The number of methoxy groups -OCH3 is 2. The lowest BCUT2D eigenvalue weighted by Crippen LogP contribution is -1.94. The average Bonchev–Trinajstić information content (AvgIpc) is 2.85. The third kappa shape index (κ3) is 5.01. The summed E-state index contributed by atoms with van der Waals surface area (Å²) < 4.78 is 10.7. The first kappa shape index (κ1) is 20.8. The minimum absolute atomic E-state index is 0.847. The molecule has 0 spiro atoms. The van der Waals surface area contributed by atoms with E-state index in [1.807, 2.05) is 30.3 Å². The molecule has 0 N–H and O–H groups in total. The van der Waals surface area contributed by atoms with Gasteiger partial charge in [0.2, 0.25) is 0 Å². The van der Waals surface area contributed by atoms with Crippen LogP contribution in [0, 0.1) is 0 Å². The molecule has 0 unspecified atom stereocenters. The van der Waals surface area contributed by atoms with Gasteiger partial charge in [0, 0.05) is 15.4 Å². The van der Waals surface area contributed by atoms with E-state index in [2.05, 4.69) is 78.9 Å². The molecule has 0 saturated heterocycles. The van der Waals surface area contributed by atoms with Crippen LogP contribution in [0.1, 0.15) is 16.7 Å². The van der Waals surface area contributed by atoms with Crippen LogP contribution in [-0.2, 0) is 0 Å². The van der Waals surface area contributed by atoms with E-state index in [1.165, 1.54) is 21.6 Å². The second-order valence-corrected chi connectivity index (χ2v) is 8.03. The normalized spacial score (nSPS) is 11.5. The molecular weight excluding hydrogens is 400 g/mol. The van der Waals surface area contributed by atoms with Crippen molar-refractivity contribution < 1.29 is 9.47 Å². The molecule has 0 aromatic heterocycles. The summed E-state index contributed by atoms with van der Waals surface area (Å²) in [7, 11) is 3.38. The molecule has 0 bridgehead atoms. The Morgan fingerprint density at radius 2 is 0.968 bits per heavy atom. The summed E-state index contributed by atoms with van der Waals surface area (Å²) in [4.78, 5) is 2.35. The Bertz CT molecular complexity index is 1130. The summed E-state index contributed by atoms with van der Waals surface area (Å²) in [6.45, 7) is 0. The first-order valence-corrected chi connectivity index (χ1v) is 10.9. The van der Waals surface area contributed by atoms with Gasteiger partial charge in [-0.15, -0.1) is 0 Å². The van der Waals surface area contributed by atoms with Crippen LogP contribution in [0.4, 0.5) is 0 Å². The van der Waals surface area contributed by atoms with Crippen molar-refractivity contribution in [2.75, 3.05) is 14.2 Å². The van der Waals surface area contributed by atoms with Gasteiger partial charge in [0.05, 0.1) is 14.2 Å². The highest BCUT2D eigenvalue weighted by atomic mass is 32.2. The smallest absolute Gasteiger partial charge is 0.118 e. The fourth-order valence-electron chi connectivity index (χ4n) is 3.40. The fraction of sp³-hybridized carbons (Fsp3) is 0.0714. The summed E-state index contributed by atoms with van der Waals surface area (Å²) in [5, 5.41) is 0. The van der Waals surface area contributed by atoms with Crippen LogP contribution < -0.4 is 9.47 Å². The van der Waals surface area contributed by atoms with Crippen LogP contribution >= 0.6 is 11.8 Å². The van der Waals surface area contributed by atoms with Crippen LogP contribution in [-0.4, -0.2) is 14.2 Å². The molecule has 0 fully saturated rings. The van der Waals surface area contributed by atoms with E-state index in [1.54, 1.807) is 26.0 Å². The lowest BCUT2D eigenvalue weighted by atomic mass is 9.95. The van der Waals surface area contributed by atoms with Crippen molar-refractivity contribution in [2.45, 2.75) is 4.90 Å². The zero-order chi connectivity index (χ0) is 21.5. The van der Waals surface area contributed by atoms with Gasteiger partial charge in [-0.25, -0.2) is 0 Å². The zero-order valence-corrected chi connectivity index (χ0v) is 18.4. The lowest BCUT2D eigenvalue weighted by molar-refractivity contribution is 0.414. The molecule has 4 aromatic rings. The molecule has 0 radical (unpaired) electrons. The van der Waals surface area contributed by atoms with Gasteiger partial charge in [-0.2, -0.15) is 0 Å². The van der Waals surface area contributed by atoms with Crippen molar-refractivity contribution in [3.63, 3.8) is 0 Å². The number of benzene rings is 4. The van der Waals surface area contributed by atoms with E-state index in [-0.39, 0.29) is 0 Å². The Morgan fingerprint density at radius 3 is 1.48 bits per heavy atom. The van der Waals surface area contributed by atoms with Gasteiger partial charge in [-0.05, 0) is 53.1 Å². The van der Waals surface area contributed by atoms with Crippen LogP contribution in [0.15, 0.2) is 114 Å². The van der Waals surface area contributed by atoms with Gasteiger partial charge in [0.1, 0.15) is 11.5 Å². The molecule has 0 aliphatic rings. The van der Waals surface area contributed by atoms with Crippen molar-refractivity contribution >= 4 is 22.2 Å². The highest BCUT2D eigenvalue weighted by Crippen LogP contribution is 2.43. The highest BCUT2D eigenvalue weighted by Gasteiger charge is 2.16. The standard InChI is InChI=1S/C28H24O2S/c1-29-24-15-13-22(14-16-24)27(21-9-5-3-6-10-21)28(23-11-7-4-8-12-23)31-26-19-17-25(30-2)18-20-26/h3-20H,1-2H3/b28-27-. The molecule has 0 heterocycles. The summed E-state index contributed by atoms with van der Waals surface area (Å²) >= 11 is 1.76. The van der Waals surface area contributed by atoms with Gasteiger partial charge in [-0.1, -0.05) is 84.6 Å². The van der Waals surface area contributed by atoms with Crippen molar-refractivity contribution in [3.05, 3.63) is 126 Å². The largest absolute Gasteiger partial charge is 0.497 e. The first-order valence-electron chi connectivity index (χ1n) is 10.1. The molecule has 0 atom stereocenters. The van der Waals surface area contributed by atoms with E-state index in [4.69, 9.17) is 9.47 Å². The molecule has 154 valence electrons. The van der Waals surface area contributed by atoms with E-state index in [0.29, 0.717) is 0 Å². The molecule has 3 heteroatoms. The number of ether oxygens (including phenoxy) is 2. The van der Waals surface area contributed by atoms with Gasteiger partial charge in [0.15, 0.2) is 0 Å². The molecule has 4 aromatic carbocycles. The minimum atomic E-state index is 0.847. The molecule has 2 nitrogen and oxygen atoms in total. The third-order valence-electron chi connectivity index (χ3n) is 4.98. The monoisotopic (exact) mass is 424 g/mol. The molecule has 0 aliphatic heterocycles. The Kier molecular flexibility index (Phi) is 6.75. The molecule has 4 rings (SSSR count). The zero-order valence-electron chi connectivity index (χ0n) is 17.6. The topological polar surface area (TPSA) is 18.5 Å². The van der Waals surface area contributed by atoms with Crippen molar-refractivity contribution in [1.82, 2.24) is 0 Å². The minimum Gasteiger partial charge on any atom is -0.497 e. The Balaban J connectivity index is 1.92. The summed E-state index contributed by atoms with van der Waals surface area (Å²) in [5.41, 5.74) is 4.69. The number of rotatable bonds is 7. The average molecular weight is 425 g/mol. The highest BCUT2D eigenvalue weighted by molar-refractivity contribution is 8.08. The fourth-order valence-corrected chi connectivity index (χ4v) is 4.50. The van der Waals surface area contributed by atoms with Crippen molar-refractivity contribution in [2.24, 2.45) is 0 Å². The van der Waals surface area contributed by atoms with Gasteiger partial charge in [0.25, 0.3) is 0 Å². The van der Waals surface area contributed by atoms with Crippen molar-refractivity contribution in [1.29, 1.82) is 0 Å². The Hall–Kier alpha value is -3.43. The summed E-state index contributed by atoms with van der Waals surface area (Å²) in [6.07, 6.45) is 0. The maximum Gasteiger partial charge on any atom is 0.118 e. The maximum absolute atomic E-state index is 5.38. The van der Waals surface area contributed by atoms with Gasteiger partial charge < -0.3 is 9.47 Å². The number of hydrogen-bond donors (Lipinski definition) is 0. The second-order valence-electron chi connectivity index (χ2n) is 6.94. The molecule has 0 amide bonds. The SMILES string of the molecule is COc1ccc(S/C(=C(/c2ccccc2)c2ccc(OC)cc2)c2ccccc2)cc1. The van der Waals surface area contributed by atoms with Crippen LogP contribution in [0.2, 0.25) is 0 Å². The Morgan fingerprint density at radius 1 is 0.516 bits per heavy atom. The predicted octanol–water partition coefficient (Wildman–Crippen LogP) is 7.41. The number of hydrogen-bond acceptors (Lipinski definition) is 3. The first-order chi connectivity index (χ1) is 15.3.